The number of Topliss-reactive ketones (excluding diaryl/α,β-unsaturated/α-hetero) is 1. The van der Waals surface area contributed by atoms with Crippen LogP contribution >= 0.6 is 11.6 Å². The van der Waals surface area contributed by atoms with Crippen molar-refractivity contribution in [3.05, 3.63) is 106 Å². The van der Waals surface area contributed by atoms with Crippen LogP contribution in [0.15, 0.2) is 72.3 Å². The average molecular weight is 470 g/mol. The van der Waals surface area contributed by atoms with E-state index in [1.54, 1.807) is 12.1 Å². The van der Waals surface area contributed by atoms with Crippen LogP contribution in [-0.2, 0) is 16.1 Å². The Morgan fingerprint density at radius 1 is 1.06 bits per heavy atom. The van der Waals surface area contributed by atoms with Crippen LogP contribution in [0.3, 0.4) is 0 Å². The van der Waals surface area contributed by atoms with Crippen molar-refractivity contribution in [2.75, 3.05) is 7.11 Å². The van der Waals surface area contributed by atoms with Crippen LogP contribution in [0.4, 0.5) is 8.78 Å². The summed E-state index contributed by atoms with van der Waals surface area (Å²) in [7, 11) is 1.38. The van der Waals surface area contributed by atoms with E-state index in [0.717, 1.165) is 4.90 Å². The van der Waals surface area contributed by atoms with Gasteiger partial charge < -0.3 is 14.7 Å². The smallest absolute Gasteiger partial charge is 0.295 e. The summed E-state index contributed by atoms with van der Waals surface area (Å²) in [4.78, 5) is 27.3. The second-order valence-electron chi connectivity index (χ2n) is 7.42. The Bertz CT molecular complexity index is 1270. The zero-order valence-corrected chi connectivity index (χ0v) is 18.1. The Morgan fingerprint density at radius 2 is 1.76 bits per heavy atom. The molecule has 1 atom stereocenters. The number of hydrogen-bond acceptors (Lipinski definition) is 4. The molecule has 1 aliphatic rings. The lowest BCUT2D eigenvalue weighted by Crippen LogP contribution is -2.29. The number of aliphatic hydroxyl groups excluding tert-OH is 1. The van der Waals surface area contributed by atoms with Gasteiger partial charge in [0.1, 0.15) is 23.1 Å². The van der Waals surface area contributed by atoms with Crippen LogP contribution in [-0.4, -0.2) is 28.8 Å². The molecule has 1 amide bonds. The predicted octanol–water partition coefficient (Wildman–Crippen LogP) is 5.25. The molecule has 1 saturated heterocycles. The van der Waals surface area contributed by atoms with E-state index in [2.05, 4.69) is 0 Å². The molecule has 0 spiro atoms. The summed E-state index contributed by atoms with van der Waals surface area (Å²) in [5, 5.41) is 11.4. The highest BCUT2D eigenvalue weighted by molar-refractivity contribution is 6.46. The standard InChI is InChI=1S/C25H18ClF2NO4/c1-33-20-11-8-15(26)12-18(20)23(30)21-22(17-4-2-3-5-19(17)28)29(25(32)24(21)31)13-14-6-9-16(27)10-7-14/h2-12,22,30H,13H2,1H3/b23-21+. The molecule has 5 nitrogen and oxygen atoms in total. The van der Waals surface area contributed by atoms with Gasteiger partial charge in [-0.2, -0.15) is 0 Å². The van der Waals surface area contributed by atoms with Crippen molar-refractivity contribution in [2.24, 2.45) is 0 Å². The number of carbonyl (C=O) groups is 2. The van der Waals surface area contributed by atoms with E-state index in [1.165, 1.54) is 61.7 Å². The van der Waals surface area contributed by atoms with E-state index in [0.29, 0.717) is 5.56 Å². The van der Waals surface area contributed by atoms with Gasteiger partial charge >= 0.3 is 0 Å². The maximum Gasteiger partial charge on any atom is 0.295 e. The molecule has 0 aliphatic carbocycles. The number of benzene rings is 3. The number of ether oxygens (including phenoxy) is 1. The molecule has 0 aromatic heterocycles. The first-order chi connectivity index (χ1) is 15.8. The molecule has 0 bridgehead atoms. The minimum atomic E-state index is -1.22. The number of amides is 1. The summed E-state index contributed by atoms with van der Waals surface area (Å²) < 4.78 is 33.5. The van der Waals surface area contributed by atoms with Crippen molar-refractivity contribution in [3.63, 3.8) is 0 Å². The van der Waals surface area contributed by atoms with Crippen LogP contribution in [0, 0.1) is 11.6 Å². The van der Waals surface area contributed by atoms with E-state index in [1.807, 2.05) is 0 Å². The van der Waals surface area contributed by atoms with Crippen molar-refractivity contribution in [2.45, 2.75) is 12.6 Å². The molecule has 168 valence electrons. The van der Waals surface area contributed by atoms with E-state index < -0.39 is 35.1 Å². The molecular formula is C25H18ClF2NO4. The molecule has 8 heteroatoms. The minimum absolute atomic E-state index is 0.0290. The fraction of sp³-hybridized carbons (Fsp3) is 0.120. The highest BCUT2D eigenvalue weighted by Crippen LogP contribution is 2.42. The summed E-state index contributed by atoms with van der Waals surface area (Å²) in [5.74, 6) is -3.34. The van der Waals surface area contributed by atoms with Crippen molar-refractivity contribution < 1.29 is 28.2 Å². The van der Waals surface area contributed by atoms with Gasteiger partial charge in [0.05, 0.1) is 24.3 Å². The Labute approximate surface area is 193 Å². The van der Waals surface area contributed by atoms with Gasteiger partial charge in [-0.25, -0.2) is 8.78 Å². The third kappa shape index (κ3) is 4.19. The van der Waals surface area contributed by atoms with Crippen molar-refractivity contribution in [1.82, 2.24) is 4.90 Å². The van der Waals surface area contributed by atoms with Crippen LogP contribution in [0.2, 0.25) is 5.02 Å². The number of hydrogen-bond donors (Lipinski definition) is 1. The topological polar surface area (TPSA) is 66.8 Å². The van der Waals surface area contributed by atoms with E-state index >= 15 is 0 Å². The van der Waals surface area contributed by atoms with Crippen molar-refractivity contribution in [1.29, 1.82) is 0 Å². The number of likely N-dealkylation sites (tertiary alicyclic amines) is 1. The predicted molar refractivity (Wildman–Crippen MR) is 119 cm³/mol. The molecule has 1 unspecified atom stereocenters. The lowest BCUT2D eigenvalue weighted by atomic mass is 9.94. The van der Waals surface area contributed by atoms with Crippen LogP contribution in [0.1, 0.15) is 22.7 Å². The van der Waals surface area contributed by atoms with Gasteiger partial charge in [-0.3, -0.25) is 9.59 Å². The highest BCUT2D eigenvalue weighted by atomic mass is 35.5. The molecule has 1 heterocycles. The SMILES string of the molecule is COc1ccc(Cl)cc1/C(O)=C1\C(=O)C(=O)N(Cc2ccc(F)cc2)C1c1ccccc1F. The van der Waals surface area contributed by atoms with E-state index in [-0.39, 0.29) is 34.0 Å². The summed E-state index contributed by atoms with van der Waals surface area (Å²) in [6.45, 7) is -0.104. The largest absolute Gasteiger partial charge is 0.507 e. The van der Waals surface area contributed by atoms with Crippen LogP contribution in [0.5, 0.6) is 5.75 Å². The number of halogens is 3. The number of nitrogens with zero attached hydrogens (tertiary/aromatic N) is 1. The zero-order chi connectivity index (χ0) is 23.7. The number of aliphatic hydroxyl groups is 1. The van der Waals surface area contributed by atoms with Gasteiger partial charge in [0.25, 0.3) is 11.7 Å². The molecule has 1 N–H and O–H groups in total. The summed E-state index contributed by atoms with van der Waals surface area (Å²) >= 11 is 6.07. The lowest BCUT2D eigenvalue weighted by molar-refractivity contribution is -0.140. The second kappa shape index (κ2) is 9.03. The van der Waals surface area contributed by atoms with Crippen molar-refractivity contribution >= 4 is 29.1 Å². The number of carbonyl (C=O) groups excluding carboxylic acids is 2. The fourth-order valence-electron chi connectivity index (χ4n) is 3.86. The molecule has 3 aromatic rings. The number of rotatable bonds is 5. The molecule has 0 radical (unpaired) electrons. The highest BCUT2D eigenvalue weighted by Gasteiger charge is 2.47. The molecule has 1 fully saturated rings. The van der Waals surface area contributed by atoms with Gasteiger partial charge in [-0.05, 0) is 42.0 Å². The van der Waals surface area contributed by atoms with E-state index in [4.69, 9.17) is 16.3 Å². The Hall–Kier alpha value is -3.71. The van der Waals surface area contributed by atoms with Crippen LogP contribution in [0.25, 0.3) is 5.76 Å². The van der Waals surface area contributed by atoms with Crippen LogP contribution < -0.4 is 4.74 Å². The quantitative estimate of drug-likeness (QED) is 0.315. The second-order valence-corrected chi connectivity index (χ2v) is 7.86. The molecule has 33 heavy (non-hydrogen) atoms. The van der Waals surface area contributed by atoms with Gasteiger partial charge in [-0.1, -0.05) is 41.9 Å². The van der Waals surface area contributed by atoms with Gasteiger partial charge in [-0.15, -0.1) is 0 Å². The lowest BCUT2D eigenvalue weighted by Gasteiger charge is -2.26. The Balaban J connectivity index is 1.92. The molecule has 3 aromatic carbocycles. The maximum absolute atomic E-state index is 14.9. The van der Waals surface area contributed by atoms with Crippen molar-refractivity contribution in [3.8, 4) is 5.75 Å². The first-order valence-corrected chi connectivity index (χ1v) is 10.3. The fourth-order valence-corrected chi connectivity index (χ4v) is 4.03. The summed E-state index contributed by atoms with van der Waals surface area (Å²) in [6.07, 6.45) is 0. The normalized spacial score (nSPS) is 17.5. The Morgan fingerprint density at radius 3 is 2.42 bits per heavy atom. The third-order valence-electron chi connectivity index (χ3n) is 5.42. The minimum Gasteiger partial charge on any atom is -0.507 e. The summed E-state index contributed by atoms with van der Waals surface area (Å²) in [5.41, 5.74) is 0.347. The zero-order valence-electron chi connectivity index (χ0n) is 17.4. The van der Waals surface area contributed by atoms with Gasteiger partial charge in [0.2, 0.25) is 0 Å². The maximum atomic E-state index is 14.9. The number of ketones is 1. The molecule has 1 aliphatic heterocycles. The van der Waals surface area contributed by atoms with Gasteiger partial charge in [0, 0.05) is 17.1 Å². The molecular weight excluding hydrogens is 452 g/mol. The van der Waals surface area contributed by atoms with E-state index in [9.17, 15) is 23.5 Å². The van der Waals surface area contributed by atoms with Gasteiger partial charge in [0.15, 0.2) is 0 Å². The average Bonchev–Trinajstić information content (AvgIpc) is 3.05. The first kappa shape index (κ1) is 22.5. The molecule has 4 rings (SSSR count). The third-order valence-corrected chi connectivity index (χ3v) is 5.66. The Kier molecular flexibility index (Phi) is 6.16. The monoisotopic (exact) mass is 469 g/mol. The molecule has 0 saturated carbocycles. The first-order valence-electron chi connectivity index (χ1n) is 9.93. The summed E-state index contributed by atoms with van der Waals surface area (Å²) in [6, 6.07) is 14.3. The number of methoxy groups -OCH3 is 1.